The quantitative estimate of drug-likeness (QED) is 0.622. The normalized spacial score (nSPS) is 11.9. The first-order chi connectivity index (χ1) is 8.11. The van der Waals surface area contributed by atoms with Gasteiger partial charge in [-0.25, -0.2) is 4.98 Å². The summed E-state index contributed by atoms with van der Waals surface area (Å²) < 4.78 is 0. The van der Waals surface area contributed by atoms with Gasteiger partial charge in [-0.15, -0.1) is 11.3 Å². The maximum absolute atomic E-state index is 4.43. The number of aryl methyl sites for hydroxylation is 1. The van der Waals surface area contributed by atoms with E-state index >= 15 is 0 Å². The van der Waals surface area contributed by atoms with Crippen molar-refractivity contribution in [2.75, 3.05) is 20.1 Å². The summed E-state index contributed by atoms with van der Waals surface area (Å²) in [4.78, 5) is 8.60. The Kier molecular flexibility index (Phi) is 5.97. The van der Waals surface area contributed by atoms with Crippen molar-refractivity contribution in [3.05, 3.63) is 16.1 Å². The first-order valence-corrected chi connectivity index (χ1v) is 6.85. The van der Waals surface area contributed by atoms with Gasteiger partial charge in [0.2, 0.25) is 0 Å². The van der Waals surface area contributed by atoms with Crippen LogP contribution < -0.4 is 10.6 Å². The largest absolute Gasteiger partial charge is 0.356 e. The van der Waals surface area contributed by atoms with E-state index in [0.717, 1.165) is 36.2 Å². The van der Waals surface area contributed by atoms with Crippen LogP contribution in [0.5, 0.6) is 0 Å². The molecule has 0 bridgehead atoms. The molecule has 0 aromatic carbocycles. The summed E-state index contributed by atoms with van der Waals surface area (Å²) in [5.74, 6) is 1.49. The van der Waals surface area contributed by atoms with Gasteiger partial charge in [0, 0.05) is 31.9 Å². The van der Waals surface area contributed by atoms with Crippen LogP contribution in [0.1, 0.15) is 24.5 Å². The third-order valence-corrected chi connectivity index (χ3v) is 3.06. The monoisotopic (exact) mass is 254 g/mol. The molecule has 0 radical (unpaired) electrons. The molecule has 96 valence electrons. The molecule has 0 amide bonds. The molecule has 0 aliphatic rings. The summed E-state index contributed by atoms with van der Waals surface area (Å²) in [5, 5.41) is 9.81. The lowest BCUT2D eigenvalue weighted by atomic mass is 10.2. The second kappa shape index (κ2) is 7.27. The van der Waals surface area contributed by atoms with Crippen LogP contribution >= 0.6 is 11.3 Å². The molecule has 1 aromatic heterocycles. The van der Waals surface area contributed by atoms with E-state index in [1.165, 1.54) is 0 Å². The molecule has 17 heavy (non-hydrogen) atoms. The van der Waals surface area contributed by atoms with E-state index in [4.69, 9.17) is 0 Å². The first-order valence-electron chi connectivity index (χ1n) is 5.97. The van der Waals surface area contributed by atoms with Gasteiger partial charge in [0.25, 0.3) is 0 Å². The molecule has 1 rings (SSSR count). The van der Waals surface area contributed by atoms with E-state index < -0.39 is 0 Å². The van der Waals surface area contributed by atoms with E-state index in [0.29, 0.717) is 5.92 Å². The van der Waals surface area contributed by atoms with Crippen LogP contribution in [0.4, 0.5) is 0 Å². The maximum atomic E-state index is 4.43. The predicted octanol–water partition coefficient (Wildman–Crippen LogP) is 1.82. The fraction of sp³-hybridized carbons (Fsp3) is 0.667. The number of aliphatic imine (C=N–C) groups is 1. The summed E-state index contributed by atoms with van der Waals surface area (Å²) in [6.07, 6.45) is 0.937. The average Bonchev–Trinajstić information content (AvgIpc) is 2.69. The van der Waals surface area contributed by atoms with Crippen LogP contribution in [0.25, 0.3) is 0 Å². The van der Waals surface area contributed by atoms with Crippen LogP contribution in [0.3, 0.4) is 0 Å². The van der Waals surface area contributed by atoms with Crippen molar-refractivity contribution >= 4 is 17.3 Å². The molecule has 1 aromatic rings. The Hall–Kier alpha value is -1.10. The lowest BCUT2D eigenvalue weighted by Crippen LogP contribution is -2.39. The van der Waals surface area contributed by atoms with Crippen LogP contribution in [0.2, 0.25) is 0 Å². The molecule has 0 saturated heterocycles. The number of rotatable bonds is 5. The minimum absolute atomic E-state index is 0.620. The van der Waals surface area contributed by atoms with E-state index in [1.807, 2.05) is 6.92 Å². The topological polar surface area (TPSA) is 49.3 Å². The molecular formula is C12H22N4S. The lowest BCUT2D eigenvalue weighted by molar-refractivity contribution is 0.614. The number of guanidine groups is 1. The zero-order valence-electron chi connectivity index (χ0n) is 11.1. The molecule has 0 aliphatic carbocycles. The number of nitrogens with one attached hydrogen (secondary N) is 2. The zero-order chi connectivity index (χ0) is 12.7. The Morgan fingerprint density at radius 3 is 2.76 bits per heavy atom. The Labute approximate surface area is 108 Å². The lowest BCUT2D eigenvalue weighted by Gasteiger charge is -2.12. The molecule has 0 fully saturated rings. The number of thiazole rings is 1. The fourth-order valence-corrected chi connectivity index (χ4v) is 2.00. The van der Waals surface area contributed by atoms with Gasteiger partial charge < -0.3 is 10.6 Å². The van der Waals surface area contributed by atoms with E-state index in [2.05, 4.69) is 39.8 Å². The maximum Gasteiger partial charge on any atom is 0.190 e. The minimum atomic E-state index is 0.620. The van der Waals surface area contributed by atoms with Gasteiger partial charge in [0.15, 0.2) is 5.96 Å². The molecule has 1 heterocycles. The minimum Gasteiger partial charge on any atom is -0.356 e. The highest BCUT2D eigenvalue weighted by molar-refractivity contribution is 7.09. The van der Waals surface area contributed by atoms with Gasteiger partial charge in [0.05, 0.1) is 10.7 Å². The van der Waals surface area contributed by atoms with Crippen molar-refractivity contribution in [1.29, 1.82) is 0 Å². The highest BCUT2D eigenvalue weighted by atomic mass is 32.1. The molecule has 2 N–H and O–H groups in total. The summed E-state index contributed by atoms with van der Waals surface area (Å²) in [6.45, 7) is 8.19. The van der Waals surface area contributed by atoms with Crippen molar-refractivity contribution in [3.63, 3.8) is 0 Å². The van der Waals surface area contributed by atoms with Crippen molar-refractivity contribution in [1.82, 2.24) is 15.6 Å². The van der Waals surface area contributed by atoms with Gasteiger partial charge in [-0.2, -0.15) is 0 Å². The summed E-state index contributed by atoms with van der Waals surface area (Å²) in [6, 6.07) is 0. The number of hydrogen-bond acceptors (Lipinski definition) is 3. The van der Waals surface area contributed by atoms with Crippen molar-refractivity contribution in [3.8, 4) is 0 Å². The van der Waals surface area contributed by atoms with Gasteiger partial charge in [-0.05, 0) is 12.8 Å². The van der Waals surface area contributed by atoms with Gasteiger partial charge in [-0.3, -0.25) is 4.99 Å². The number of hydrogen-bond donors (Lipinski definition) is 2. The highest BCUT2D eigenvalue weighted by Crippen LogP contribution is 2.07. The Bertz CT molecular complexity index is 357. The Balaban J connectivity index is 2.24. The molecule has 0 saturated carbocycles. The first kappa shape index (κ1) is 14.0. The van der Waals surface area contributed by atoms with E-state index in [1.54, 1.807) is 18.4 Å². The molecule has 4 nitrogen and oxygen atoms in total. The zero-order valence-corrected chi connectivity index (χ0v) is 11.9. The number of nitrogens with zero attached hydrogens (tertiary/aromatic N) is 2. The summed E-state index contributed by atoms with van der Waals surface area (Å²) >= 11 is 1.70. The molecule has 5 heteroatoms. The summed E-state index contributed by atoms with van der Waals surface area (Å²) in [5.41, 5.74) is 1.15. The second-order valence-corrected chi connectivity index (χ2v) is 5.44. The highest BCUT2D eigenvalue weighted by Gasteiger charge is 2.01. The van der Waals surface area contributed by atoms with Crippen LogP contribution in [-0.4, -0.2) is 31.1 Å². The SMILES string of the molecule is CN=C(NCCc1csc(C)n1)NCC(C)C. The van der Waals surface area contributed by atoms with Gasteiger partial charge >= 0.3 is 0 Å². The number of aromatic nitrogens is 1. The third-order valence-electron chi connectivity index (χ3n) is 2.24. The fourth-order valence-electron chi connectivity index (χ4n) is 1.35. The van der Waals surface area contributed by atoms with Crippen LogP contribution in [0.15, 0.2) is 10.4 Å². The third kappa shape index (κ3) is 5.68. The molecular weight excluding hydrogens is 232 g/mol. The van der Waals surface area contributed by atoms with Crippen molar-refractivity contribution < 1.29 is 0 Å². The molecule has 0 unspecified atom stereocenters. The van der Waals surface area contributed by atoms with Crippen molar-refractivity contribution in [2.24, 2.45) is 10.9 Å². The van der Waals surface area contributed by atoms with Crippen molar-refractivity contribution in [2.45, 2.75) is 27.2 Å². The Morgan fingerprint density at radius 2 is 2.24 bits per heavy atom. The van der Waals surface area contributed by atoms with Crippen LogP contribution in [-0.2, 0) is 6.42 Å². The molecule has 0 atom stereocenters. The smallest absolute Gasteiger partial charge is 0.190 e. The van der Waals surface area contributed by atoms with Crippen LogP contribution in [0, 0.1) is 12.8 Å². The van der Waals surface area contributed by atoms with Gasteiger partial charge in [-0.1, -0.05) is 13.8 Å². The average molecular weight is 254 g/mol. The predicted molar refractivity (Wildman–Crippen MR) is 74.8 cm³/mol. The molecule has 0 aliphatic heterocycles. The van der Waals surface area contributed by atoms with Gasteiger partial charge in [0.1, 0.15) is 0 Å². The second-order valence-electron chi connectivity index (χ2n) is 4.38. The van der Waals surface area contributed by atoms with E-state index in [9.17, 15) is 0 Å². The standard InChI is InChI=1S/C12H22N4S/c1-9(2)7-15-12(13-4)14-6-5-11-8-17-10(3)16-11/h8-9H,5-7H2,1-4H3,(H2,13,14,15). The Morgan fingerprint density at radius 1 is 1.47 bits per heavy atom. The van der Waals surface area contributed by atoms with E-state index in [-0.39, 0.29) is 0 Å². The molecule has 0 spiro atoms. The summed E-state index contributed by atoms with van der Waals surface area (Å²) in [7, 11) is 1.79.